The van der Waals surface area contributed by atoms with E-state index >= 15 is 0 Å². The molecule has 0 spiro atoms. The van der Waals surface area contributed by atoms with Crippen LogP contribution in [0.1, 0.15) is 26.3 Å². The molecule has 0 aliphatic rings. The Morgan fingerprint density at radius 1 is 1.44 bits per heavy atom. The molecule has 0 aliphatic carbocycles. The lowest BCUT2D eigenvalue weighted by molar-refractivity contribution is -0.169. The Labute approximate surface area is 110 Å². The van der Waals surface area contributed by atoms with Crippen LogP contribution in [0, 0.1) is 0 Å². The van der Waals surface area contributed by atoms with Gasteiger partial charge in [0.25, 0.3) is 0 Å². The summed E-state index contributed by atoms with van der Waals surface area (Å²) in [5.41, 5.74) is 3.60. The lowest BCUT2D eigenvalue weighted by Gasteiger charge is -2.27. The molecule has 100 valence electrons. The Morgan fingerprint density at radius 2 is 2.06 bits per heavy atom. The highest BCUT2D eigenvalue weighted by atomic mass is 32.1. The molecule has 3 N–H and O–H groups in total. The summed E-state index contributed by atoms with van der Waals surface area (Å²) >= 11 is 1.42. The minimum atomic E-state index is -2.05. The lowest BCUT2D eigenvalue weighted by Crippen LogP contribution is -2.58. The summed E-state index contributed by atoms with van der Waals surface area (Å²) in [6.45, 7) is 4.99. The van der Waals surface area contributed by atoms with Gasteiger partial charge in [-0.1, -0.05) is 0 Å². The van der Waals surface area contributed by atoms with Crippen molar-refractivity contribution < 1.29 is 19.4 Å². The first kappa shape index (κ1) is 14.7. The average Bonchev–Trinajstić information content (AvgIpc) is 2.66. The molecule has 18 heavy (non-hydrogen) atoms. The number of aliphatic carboxylic acids is 1. The number of esters is 1. The molecule has 0 aromatic carbocycles. The summed E-state index contributed by atoms with van der Waals surface area (Å²) in [5.74, 6) is -2.31. The fraction of sp³-hybridized carbons (Fsp3) is 0.500. The molecule has 0 saturated carbocycles. The van der Waals surface area contributed by atoms with Gasteiger partial charge in [0.1, 0.15) is 5.60 Å². The van der Waals surface area contributed by atoms with E-state index in [2.05, 4.69) is 0 Å². The zero-order valence-electron chi connectivity index (χ0n) is 10.6. The van der Waals surface area contributed by atoms with E-state index in [4.69, 9.17) is 10.5 Å². The zero-order chi connectivity index (χ0) is 14.0. The predicted molar refractivity (Wildman–Crippen MR) is 68.4 cm³/mol. The molecule has 6 heteroatoms. The normalized spacial score (nSPS) is 14.9. The summed E-state index contributed by atoms with van der Waals surface area (Å²) in [6.07, 6.45) is -0.0826. The fourth-order valence-corrected chi connectivity index (χ4v) is 1.99. The molecule has 0 saturated heterocycles. The zero-order valence-corrected chi connectivity index (χ0v) is 11.4. The first-order valence-corrected chi connectivity index (χ1v) is 6.36. The number of carbonyl (C=O) groups is 2. The maximum absolute atomic E-state index is 11.9. The van der Waals surface area contributed by atoms with Gasteiger partial charge in [0.05, 0.1) is 0 Å². The number of carbonyl (C=O) groups excluding carboxylic acids is 1. The summed E-state index contributed by atoms with van der Waals surface area (Å²) in [7, 11) is 0. The maximum atomic E-state index is 11.9. The molecule has 5 nitrogen and oxygen atoms in total. The summed E-state index contributed by atoms with van der Waals surface area (Å²) in [4.78, 5) is 23.2. The fourth-order valence-electron chi connectivity index (χ4n) is 1.32. The van der Waals surface area contributed by atoms with Gasteiger partial charge in [-0.3, -0.25) is 0 Å². The highest BCUT2D eigenvalue weighted by molar-refractivity contribution is 7.07. The van der Waals surface area contributed by atoms with Crippen molar-refractivity contribution in [2.45, 2.75) is 38.3 Å². The number of thiophene rings is 1. The first-order valence-electron chi connectivity index (χ1n) is 5.42. The Morgan fingerprint density at radius 3 is 2.44 bits per heavy atom. The number of nitrogens with two attached hydrogens (primary N) is 1. The molecule has 1 heterocycles. The molecule has 0 radical (unpaired) electrons. The van der Waals surface area contributed by atoms with E-state index in [0.717, 1.165) is 0 Å². The minimum Gasteiger partial charge on any atom is -0.479 e. The van der Waals surface area contributed by atoms with Crippen molar-refractivity contribution in [3.8, 4) is 0 Å². The number of ether oxygens (including phenoxy) is 1. The monoisotopic (exact) mass is 271 g/mol. The van der Waals surface area contributed by atoms with E-state index in [9.17, 15) is 14.7 Å². The van der Waals surface area contributed by atoms with Crippen molar-refractivity contribution in [2.24, 2.45) is 5.73 Å². The van der Waals surface area contributed by atoms with Gasteiger partial charge in [-0.25, -0.2) is 9.59 Å². The van der Waals surface area contributed by atoms with E-state index in [1.807, 2.05) is 0 Å². The number of carboxylic acids is 1. The van der Waals surface area contributed by atoms with Crippen molar-refractivity contribution in [3.63, 3.8) is 0 Å². The lowest BCUT2D eigenvalue weighted by atomic mass is 9.93. The number of rotatable bonds is 4. The minimum absolute atomic E-state index is 0.0826. The second-order valence-electron chi connectivity index (χ2n) is 5.09. The van der Waals surface area contributed by atoms with Crippen molar-refractivity contribution >= 4 is 23.3 Å². The number of hydrogen-bond donors (Lipinski definition) is 2. The highest BCUT2D eigenvalue weighted by Crippen LogP contribution is 2.19. The summed E-state index contributed by atoms with van der Waals surface area (Å²) in [5, 5.41) is 12.7. The van der Waals surface area contributed by atoms with Crippen LogP contribution < -0.4 is 5.73 Å². The van der Waals surface area contributed by atoms with Crippen LogP contribution in [0.25, 0.3) is 0 Å². The highest BCUT2D eigenvalue weighted by Gasteiger charge is 2.45. The summed E-state index contributed by atoms with van der Waals surface area (Å²) < 4.78 is 5.07. The van der Waals surface area contributed by atoms with Gasteiger partial charge in [-0.05, 0) is 43.2 Å². The Hall–Kier alpha value is -1.40. The number of carboxylic acid groups (broad SMARTS) is 1. The third kappa shape index (κ3) is 3.54. The molecule has 1 aromatic heterocycles. The Kier molecular flexibility index (Phi) is 4.13. The van der Waals surface area contributed by atoms with Gasteiger partial charge in [0.2, 0.25) is 5.54 Å². The first-order chi connectivity index (χ1) is 8.15. The topological polar surface area (TPSA) is 89.6 Å². The van der Waals surface area contributed by atoms with E-state index in [0.29, 0.717) is 5.56 Å². The van der Waals surface area contributed by atoms with Crippen LogP contribution in [0.4, 0.5) is 0 Å². The standard InChI is InChI=1S/C12H17NO4S/c1-11(2,3)17-10(16)12(13,9(14)15)6-8-4-5-18-7-8/h4-5,7H,6,13H2,1-3H3,(H,14,15). The van der Waals surface area contributed by atoms with Crippen LogP contribution in [-0.4, -0.2) is 28.2 Å². The quantitative estimate of drug-likeness (QED) is 0.638. The van der Waals surface area contributed by atoms with Gasteiger partial charge in [0.15, 0.2) is 0 Å². The van der Waals surface area contributed by atoms with Crippen LogP contribution in [-0.2, 0) is 20.7 Å². The van der Waals surface area contributed by atoms with Crippen molar-refractivity contribution in [2.75, 3.05) is 0 Å². The Balaban J connectivity index is 2.93. The van der Waals surface area contributed by atoms with Gasteiger partial charge in [-0.15, -0.1) is 0 Å². The largest absolute Gasteiger partial charge is 0.479 e. The smallest absolute Gasteiger partial charge is 0.338 e. The van der Waals surface area contributed by atoms with Crippen LogP contribution in [0.15, 0.2) is 16.8 Å². The van der Waals surface area contributed by atoms with E-state index in [1.165, 1.54) is 11.3 Å². The Bertz CT molecular complexity index is 435. The molecule has 0 aliphatic heterocycles. The van der Waals surface area contributed by atoms with E-state index in [-0.39, 0.29) is 6.42 Å². The molecule has 0 amide bonds. The second-order valence-corrected chi connectivity index (χ2v) is 5.87. The molecule has 1 aromatic rings. The van der Waals surface area contributed by atoms with Crippen molar-refractivity contribution in [3.05, 3.63) is 22.4 Å². The molecular weight excluding hydrogens is 254 g/mol. The van der Waals surface area contributed by atoms with Gasteiger partial charge in [-0.2, -0.15) is 11.3 Å². The van der Waals surface area contributed by atoms with Gasteiger partial charge in [0, 0.05) is 6.42 Å². The van der Waals surface area contributed by atoms with Crippen LogP contribution in [0.3, 0.4) is 0 Å². The second kappa shape index (κ2) is 5.07. The molecule has 0 bridgehead atoms. The van der Waals surface area contributed by atoms with Gasteiger partial charge >= 0.3 is 11.9 Å². The van der Waals surface area contributed by atoms with Crippen molar-refractivity contribution in [1.82, 2.24) is 0 Å². The van der Waals surface area contributed by atoms with E-state index < -0.39 is 23.1 Å². The van der Waals surface area contributed by atoms with Gasteiger partial charge < -0.3 is 15.6 Å². The predicted octanol–water partition coefficient (Wildman–Crippen LogP) is 1.41. The van der Waals surface area contributed by atoms with E-state index in [1.54, 1.807) is 37.6 Å². The third-order valence-electron chi connectivity index (χ3n) is 2.21. The van der Waals surface area contributed by atoms with Crippen molar-refractivity contribution in [1.29, 1.82) is 0 Å². The summed E-state index contributed by atoms with van der Waals surface area (Å²) in [6, 6.07) is 1.74. The average molecular weight is 271 g/mol. The van der Waals surface area contributed by atoms with Crippen LogP contribution >= 0.6 is 11.3 Å². The third-order valence-corrected chi connectivity index (χ3v) is 2.94. The molecule has 1 atom stereocenters. The molecular formula is C12H17NO4S. The molecule has 1 unspecified atom stereocenters. The van der Waals surface area contributed by atoms with Crippen LogP contribution in [0.2, 0.25) is 0 Å². The van der Waals surface area contributed by atoms with Crippen LogP contribution in [0.5, 0.6) is 0 Å². The number of hydrogen-bond acceptors (Lipinski definition) is 5. The SMILES string of the molecule is CC(C)(C)OC(=O)C(N)(Cc1ccsc1)C(=O)O. The molecule has 0 fully saturated rings. The maximum Gasteiger partial charge on any atom is 0.338 e. The molecule has 1 rings (SSSR count).